The third kappa shape index (κ3) is 2.20. The lowest BCUT2D eigenvalue weighted by molar-refractivity contribution is -0.137. The lowest BCUT2D eigenvalue weighted by Crippen LogP contribution is -2.08. The number of halogens is 1. The molecule has 4 aromatic rings. The van der Waals surface area contributed by atoms with E-state index < -0.39 is 11.8 Å². The summed E-state index contributed by atoms with van der Waals surface area (Å²) in [6, 6.07) is 3.11. The predicted octanol–water partition coefficient (Wildman–Crippen LogP) is 2.20. The van der Waals surface area contributed by atoms with E-state index in [2.05, 4.69) is 19.9 Å². The van der Waals surface area contributed by atoms with Gasteiger partial charge in [-0.05, 0) is 12.1 Å². The molecule has 0 spiro atoms. The summed E-state index contributed by atoms with van der Waals surface area (Å²) in [4.78, 5) is 26.5. The first-order valence-corrected chi connectivity index (χ1v) is 6.78. The average Bonchev–Trinajstić information content (AvgIpc) is 3.10. The Morgan fingerprint density at radius 1 is 1.35 bits per heavy atom. The van der Waals surface area contributed by atoms with Crippen LogP contribution in [0, 0.1) is 5.82 Å². The first-order chi connectivity index (χ1) is 11.1. The van der Waals surface area contributed by atoms with Crippen LogP contribution in [0.4, 0.5) is 4.39 Å². The smallest absolute Gasteiger partial charge is 0.323 e. The summed E-state index contributed by atoms with van der Waals surface area (Å²) in [6.07, 6.45) is 6.04. The van der Waals surface area contributed by atoms with E-state index in [0.717, 1.165) is 11.6 Å². The van der Waals surface area contributed by atoms with Gasteiger partial charge >= 0.3 is 5.97 Å². The Kier molecular flexibility index (Phi) is 2.83. The van der Waals surface area contributed by atoms with Crippen LogP contribution >= 0.6 is 0 Å². The van der Waals surface area contributed by atoms with Crippen LogP contribution in [-0.2, 0) is 11.3 Å². The Labute approximate surface area is 128 Å². The highest BCUT2D eigenvalue weighted by atomic mass is 19.1. The molecule has 0 radical (unpaired) electrons. The minimum absolute atomic E-state index is 0.190. The fourth-order valence-electron chi connectivity index (χ4n) is 2.54. The number of rotatable bonds is 3. The SMILES string of the molecule is O=C(O)Cn1ccc2cnc(-c3c[nH]c4ncc(F)cc34)nc21. The van der Waals surface area contributed by atoms with E-state index in [0.29, 0.717) is 28.1 Å². The van der Waals surface area contributed by atoms with Crippen LogP contribution in [0.3, 0.4) is 0 Å². The topological polar surface area (TPSA) is 96.7 Å². The number of carboxylic acid groups (broad SMARTS) is 1. The molecular weight excluding hydrogens is 301 g/mol. The van der Waals surface area contributed by atoms with Gasteiger partial charge in [-0.3, -0.25) is 4.79 Å². The van der Waals surface area contributed by atoms with Crippen LogP contribution in [0.15, 0.2) is 36.9 Å². The first kappa shape index (κ1) is 13.4. The molecule has 114 valence electrons. The van der Waals surface area contributed by atoms with Gasteiger partial charge in [0.15, 0.2) is 5.82 Å². The van der Waals surface area contributed by atoms with Gasteiger partial charge < -0.3 is 14.7 Å². The number of pyridine rings is 1. The first-order valence-electron chi connectivity index (χ1n) is 6.78. The van der Waals surface area contributed by atoms with E-state index in [9.17, 15) is 9.18 Å². The van der Waals surface area contributed by atoms with Crippen molar-refractivity contribution in [3.05, 3.63) is 42.7 Å². The van der Waals surface area contributed by atoms with Gasteiger partial charge in [0, 0.05) is 34.9 Å². The Bertz CT molecular complexity index is 1050. The molecule has 0 bridgehead atoms. The maximum absolute atomic E-state index is 13.4. The summed E-state index contributed by atoms with van der Waals surface area (Å²) in [5.74, 6) is -1.03. The number of aromatic nitrogens is 5. The van der Waals surface area contributed by atoms with Gasteiger partial charge in [-0.25, -0.2) is 19.3 Å². The van der Waals surface area contributed by atoms with Gasteiger partial charge in [0.1, 0.15) is 23.7 Å². The van der Waals surface area contributed by atoms with Crippen molar-refractivity contribution in [1.82, 2.24) is 24.5 Å². The maximum atomic E-state index is 13.4. The molecule has 0 saturated carbocycles. The maximum Gasteiger partial charge on any atom is 0.323 e. The van der Waals surface area contributed by atoms with Crippen molar-refractivity contribution in [1.29, 1.82) is 0 Å². The van der Waals surface area contributed by atoms with E-state index >= 15 is 0 Å². The number of hydrogen-bond donors (Lipinski definition) is 2. The molecule has 2 N–H and O–H groups in total. The van der Waals surface area contributed by atoms with Crippen LogP contribution in [0.2, 0.25) is 0 Å². The lowest BCUT2D eigenvalue weighted by Gasteiger charge is -2.02. The highest BCUT2D eigenvalue weighted by Gasteiger charge is 2.13. The molecule has 23 heavy (non-hydrogen) atoms. The summed E-state index contributed by atoms with van der Waals surface area (Å²) >= 11 is 0. The van der Waals surface area contributed by atoms with Gasteiger partial charge in [0.2, 0.25) is 0 Å². The Hall–Kier alpha value is -3.29. The molecule has 0 aliphatic rings. The van der Waals surface area contributed by atoms with Crippen LogP contribution in [0.25, 0.3) is 33.5 Å². The number of nitrogens with zero attached hydrogens (tertiary/aromatic N) is 4. The van der Waals surface area contributed by atoms with Crippen molar-refractivity contribution in [2.24, 2.45) is 0 Å². The average molecular weight is 311 g/mol. The summed E-state index contributed by atoms with van der Waals surface area (Å²) in [7, 11) is 0. The molecule has 4 rings (SSSR count). The minimum Gasteiger partial charge on any atom is -0.480 e. The standard InChI is InChI=1S/C15H10FN5O2/c16-9-3-10-11(6-19-13(10)18-5-9)14-17-4-8-1-2-21(7-12(22)23)15(8)20-14/h1-6H,7H2,(H,18,19)(H,22,23). The fourth-order valence-corrected chi connectivity index (χ4v) is 2.54. The number of H-pyrrole nitrogens is 1. The summed E-state index contributed by atoms with van der Waals surface area (Å²) in [5, 5.41) is 10.3. The van der Waals surface area contributed by atoms with E-state index in [1.807, 2.05) is 0 Å². The Morgan fingerprint density at radius 2 is 2.22 bits per heavy atom. The van der Waals surface area contributed by atoms with E-state index in [1.165, 1.54) is 10.6 Å². The van der Waals surface area contributed by atoms with Crippen molar-refractivity contribution < 1.29 is 14.3 Å². The molecule has 0 aliphatic heterocycles. The molecule has 0 amide bonds. The second kappa shape index (κ2) is 4.87. The van der Waals surface area contributed by atoms with Crippen molar-refractivity contribution in [3.63, 3.8) is 0 Å². The largest absolute Gasteiger partial charge is 0.480 e. The second-order valence-corrected chi connectivity index (χ2v) is 5.06. The molecule has 7 nitrogen and oxygen atoms in total. The second-order valence-electron chi connectivity index (χ2n) is 5.06. The molecule has 0 aromatic carbocycles. The zero-order valence-electron chi connectivity index (χ0n) is 11.7. The van der Waals surface area contributed by atoms with Gasteiger partial charge in [0.05, 0.1) is 6.20 Å². The van der Waals surface area contributed by atoms with Crippen LogP contribution in [-0.4, -0.2) is 35.6 Å². The van der Waals surface area contributed by atoms with Gasteiger partial charge in [-0.15, -0.1) is 0 Å². The predicted molar refractivity (Wildman–Crippen MR) is 80.2 cm³/mol. The van der Waals surface area contributed by atoms with E-state index in [4.69, 9.17) is 5.11 Å². The third-order valence-corrected chi connectivity index (χ3v) is 3.55. The number of carboxylic acids is 1. The molecule has 4 heterocycles. The number of aromatic amines is 1. The zero-order valence-corrected chi connectivity index (χ0v) is 11.7. The molecule has 0 aliphatic carbocycles. The number of fused-ring (bicyclic) bond motifs is 2. The molecular formula is C15H10FN5O2. The molecule has 0 fully saturated rings. The van der Waals surface area contributed by atoms with Crippen LogP contribution in [0.1, 0.15) is 0 Å². The Morgan fingerprint density at radius 3 is 3.04 bits per heavy atom. The summed E-state index contributed by atoms with van der Waals surface area (Å²) < 4.78 is 15.0. The highest BCUT2D eigenvalue weighted by Crippen LogP contribution is 2.26. The minimum atomic E-state index is -0.957. The van der Waals surface area contributed by atoms with Crippen molar-refractivity contribution in [2.75, 3.05) is 0 Å². The van der Waals surface area contributed by atoms with Crippen molar-refractivity contribution >= 4 is 28.0 Å². The van der Waals surface area contributed by atoms with Crippen LogP contribution < -0.4 is 0 Å². The summed E-state index contributed by atoms with van der Waals surface area (Å²) in [6.45, 7) is -0.190. The van der Waals surface area contributed by atoms with E-state index in [-0.39, 0.29) is 6.54 Å². The normalized spacial score (nSPS) is 11.3. The number of aliphatic carboxylic acids is 1. The zero-order chi connectivity index (χ0) is 16.0. The van der Waals surface area contributed by atoms with E-state index in [1.54, 1.807) is 24.7 Å². The molecule has 4 aromatic heterocycles. The van der Waals surface area contributed by atoms with Crippen molar-refractivity contribution in [2.45, 2.75) is 6.54 Å². The van der Waals surface area contributed by atoms with Gasteiger partial charge in [0.25, 0.3) is 0 Å². The monoisotopic (exact) mass is 311 g/mol. The van der Waals surface area contributed by atoms with Crippen LogP contribution in [0.5, 0.6) is 0 Å². The molecule has 0 saturated heterocycles. The quantitative estimate of drug-likeness (QED) is 0.604. The fraction of sp³-hybridized carbons (Fsp3) is 0.0667. The lowest BCUT2D eigenvalue weighted by atomic mass is 10.2. The highest BCUT2D eigenvalue weighted by molar-refractivity contribution is 5.92. The number of hydrogen-bond acceptors (Lipinski definition) is 4. The van der Waals surface area contributed by atoms with Gasteiger partial charge in [-0.2, -0.15) is 0 Å². The Balaban J connectivity index is 1.90. The van der Waals surface area contributed by atoms with Crippen molar-refractivity contribution in [3.8, 4) is 11.4 Å². The molecule has 8 heteroatoms. The molecule has 0 unspecified atom stereocenters. The molecule has 0 atom stereocenters. The third-order valence-electron chi connectivity index (χ3n) is 3.55. The summed E-state index contributed by atoms with van der Waals surface area (Å²) in [5.41, 5.74) is 1.65. The van der Waals surface area contributed by atoms with Gasteiger partial charge in [-0.1, -0.05) is 0 Å². The number of nitrogens with one attached hydrogen (secondary N) is 1. The number of carbonyl (C=O) groups is 1.